The molecule has 3 rings (SSSR count). The van der Waals surface area contributed by atoms with Gasteiger partial charge in [-0.05, 0) is 17.7 Å². The highest BCUT2D eigenvalue weighted by atomic mass is 16.6. The van der Waals surface area contributed by atoms with Gasteiger partial charge in [0.05, 0.1) is 38.7 Å². The average molecular weight is 428 g/mol. The van der Waals surface area contributed by atoms with Crippen molar-refractivity contribution >= 4 is 23.5 Å². The zero-order chi connectivity index (χ0) is 22.5. The number of ether oxygens (including phenoxy) is 3. The number of nitrogens with one attached hydrogen (secondary N) is 2. The number of carbonyl (C=O) groups is 2. The van der Waals surface area contributed by atoms with E-state index in [2.05, 4.69) is 15.6 Å². The van der Waals surface area contributed by atoms with Gasteiger partial charge >= 0.3 is 0 Å². The fourth-order valence-corrected chi connectivity index (χ4v) is 3.09. The summed E-state index contributed by atoms with van der Waals surface area (Å²) in [4.78, 5) is 39.7. The topological polar surface area (TPSA) is 141 Å². The maximum absolute atomic E-state index is 12.8. The Labute approximate surface area is 177 Å². The highest BCUT2D eigenvalue weighted by Gasteiger charge is 2.25. The van der Waals surface area contributed by atoms with Crippen molar-refractivity contribution in [2.75, 3.05) is 21.3 Å². The van der Waals surface area contributed by atoms with E-state index in [0.717, 1.165) is 0 Å². The Bertz CT molecular complexity index is 1040. The summed E-state index contributed by atoms with van der Waals surface area (Å²) in [7, 11) is 4.29. The number of nitro groups is 1. The van der Waals surface area contributed by atoms with E-state index in [0.29, 0.717) is 11.3 Å². The molecule has 1 aliphatic rings. The number of amides is 2. The fourth-order valence-electron chi connectivity index (χ4n) is 3.09. The van der Waals surface area contributed by atoms with Gasteiger partial charge in [0.2, 0.25) is 17.6 Å². The van der Waals surface area contributed by atoms with E-state index in [1.165, 1.54) is 51.7 Å². The second-order valence-electron chi connectivity index (χ2n) is 6.47. The minimum Gasteiger partial charge on any atom is -0.493 e. The van der Waals surface area contributed by atoms with Gasteiger partial charge in [0.15, 0.2) is 11.5 Å². The molecule has 0 radical (unpaired) electrons. The molecule has 162 valence electrons. The molecular weight excluding hydrogens is 408 g/mol. The normalized spacial score (nSPS) is 15.4. The maximum Gasteiger partial charge on any atom is 0.269 e. The summed E-state index contributed by atoms with van der Waals surface area (Å²) in [5.74, 6) is -0.112. The van der Waals surface area contributed by atoms with Gasteiger partial charge in [-0.3, -0.25) is 30.3 Å². The van der Waals surface area contributed by atoms with Crippen LogP contribution in [0.25, 0.3) is 0 Å². The number of methoxy groups -OCH3 is 3. The molecule has 2 aromatic rings. The maximum atomic E-state index is 12.8. The molecule has 11 heteroatoms. The van der Waals surface area contributed by atoms with Gasteiger partial charge in [-0.2, -0.15) is 0 Å². The first-order valence-electron chi connectivity index (χ1n) is 9.09. The predicted molar refractivity (Wildman–Crippen MR) is 110 cm³/mol. The Kier molecular flexibility index (Phi) is 6.34. The molecule has 0 fully saturated rings. The van der Waals surface area contributed by atoms with Crippen molar-refractivity contribution in [2.45, 2.75) is 12.5 Å². The number of nitrogens with zero attached hydrogens (tertiary/aromatic N) is 2. The number of hydrogen-bond donors (Lipinski definition) is 2. The third-order valence-electron chi connectivity index (χ3n) is 4.55. The van der Waals surface area contributed by atoms with Gasteiger partial charge in [-0.15, -0.1) is 0 Å². The van der Waals surface area contributed by atoms with Crippen molar-refractivity contribution in [3.05, 3.63) is 57.6 Å². The summed E-state index contributed by atoms with van der Waals surface area (Å²) in [5.41, 5.74) is 0.564. The third-order valence-corrected chi connectivity index (χ3v) is 4.55. The van der Waals surface area contributed by atoms with Crippen molar-refractivity contribution < 1.29 is 28.7 Å². The van der Waals surface area contributed by atoms with Crippen molar-refractivity contribution in [1.82, 2.24) is 10.6 Å². The van der Waals surface area contributed by atoms with E-state index < -0.39 is 16.9 Å². The van der Waals surface area contributed by atoms with E-state index >= 15 is 0 Å². The van der Waals surface area contributed by atoms with Crippen LogP contribution in [-0.2, 0) is 4.79 Å². The molecule has 0 aliphatic carbocycles. The summed E-state index contributed by atoms with van der Waals surface area (Å²) in [6.07, 6.45) is -0.00921. The number of hydrogen-bond acceptors (Lipinski definition) is 8. The first-order valence-corrected chi connectivity index (χ1v) is 9.09. The van der Waals surface area contributed by atoms with Gasteiger partial charge in [0, 0.05) is 17.7 Å². The quantitative estimate of drug-likeness (QED) is 0.529. The molecule has 0 bridgehead atoms. The fraction of sp³-hybridized carbons (Fsp3) is 0.250. The Balaban J connectivity index is 1.87. The first kappa shape index (κ1) is 21.6. The lowest BCUT2D eigenvalue weighted by atomic mass is 10.0. The van der Waals surface area contributed by atoms with E-state index in [9.17, 15) is 19.7 Å². The number of carbonyl (C=O) groups excluding carboxylic acids is 2. The molecule has 1 atom stereocenters. The second-order valence-corrected chi connectivity index (χ2v) is 6.47. The Morgan fingerprint density at radius 2 is 1.84 bits per heavy atom. The number of nitro benzene ring substituents is 1. The number of non-ortho nitro benzene ring substituents is 1. The molecule has 2 N–H and O–H groups in total. The SMILES string of the molecule is COc1cc(C(=O)NC2=N[C@H](c3cccc([N+](=O)[O-])c3)CC(=O)N2)cc(OC)c1OC. The van der Waals surface area contributed by atoms with Gasteiger partial charge in [0.25, 0.3) is 11.6 Å². The molecule has 0 aromatic heterocycles. The predicted octanol–water partition coefficient (Wildman–Crippen LogP) is 1.97. The molecule has 0 unspecified atom stereocenters. The van der Waals surface area contributed by atoms with E-state index in [1.54, 1.807) is 6.07 Å². The van der Waals surface area contributed by atoms with Gasteiger partial charge < -0.3 is 14.2 Å². The molecule has 1 aliphatic heterocycles. The molecule has 31 heavy (non-hydrogen) atoms. The highest BCUT2D eigenvalue weighted by molar-refractivity contribution is 6.11. The molecule has 11 nitrogen and oxygen atoms in total. The van der Waals surface area contributed by atoms with Crippen molar-refractivity contribution in [2.24, 2.45) is 4.99 Å². The number of aliphatic imine (C=N–C) groups is 1. The molecule has 1 heterocycles. The third kappa shape index (κ3) is 4.71. The minimum atomic E-state index is -0.677. The zero-order valence-corrected chi connectivity index (χ0v) is 17.0. The Morgan fingerprint density at radius 3 is 2.42 bits per heavy atom. The van der Waals surface area contributed by atoms with Crippen LogP contribution in [0.5, 0.6) is 17.2 Å². The van der Waals surface area contributed by atoms with Crippen LogP contribution in [0, 0.1) is 10.1 Å². The molecule has 2 amide bonds. The van der Waals surface area contributed by atoms with Crippen LogP contribution in [0.4, 0.5) is 5.69 Å². The van der Waals surface area contributed by atoms with Crippen molar-refractivity contribution in [1.29, 1.82) is 0 Å². The van der Waals surface area contributed by atoms with Crippen LogP contribution in [0.2, 0.25) is 0 Å². The lowest BCUT2D eigenvalue weighted by Crippen LogP contribution is -2.47. The Morgan fingerprint density at radius 1 is 1.16 bits per heavy atom. The Hall–Kier alpha value is -4.15. The van der Waals surface area contributed by atoms with Crippen LogP contribution in [0.3, 0.4) is 0 Å². The lowest BCUT2D eigenvalue weighted by molar-refractivity contribution is -0.384. The number of rotatable bonds is 6. The second kappa shape index (κ2) is 9.11. The average Bonchev–Trinajstić information content (AvgIpc) is 2.77. The summed E-state index contributed by atoms with van der Waals surface area (Å²) in [5, 5.41) is 16.0. The molecule has 2 aromatic carbocycles. The van der Waals surface area contributed by atoms with Crippen LogP contribution in [-0.4, -0.2) is 44.0 Å². The minimum absolute atomic E-state index is 0.00921. The van der Waals surface area contributed by atoms with Gasteiger partial charge in [0.1, 0.15) is 0 Å². The van der Waals surface area contributed by atoms with Crippen molar-refractivity contribution in [3.63, 3.8) is 0 Å². The molecule has 0 saturated carbocycles. The summed E-state index contributed by atoms with van der Waals surface area (Å²) in [6, 6.07) is 8.10. The van der Waals surface area contributed by atoms with Crippen LogP contribution in [0.1, 0.15) is 28.4 Å². The molecule has 0 saturated heterocycles. The summed E-state index contributed by atoms with van der Waals surface area (Å²) in [6.45, 7) is 0. The van der Waals surface area contributed by atoms with Gasteiger partial charge in [-0.25, -0.2) is 4.99 Å². The summed E-state index contributed by atoms with van der Waals surface area (Å²) >= 11 is 0. The summed E-state index contributed by atoms with van der Waals surface area (Å²) < 4.78 is 15.7. The monoisotopic (exact) mass is 428 g/mol. The number of guanidine groups is 1. The van der Waals surface area contributed by atoms with E-state index in [4.69, 9.17) is 14.2 Å². The standard InChI is InChI=1S/C20H20N4O7/c1-29-15-8-12(9-16(30-2)18(15)31-3)19(26)23-20-21-14(10-17(25)22-20)11-5-4-6-13(7-11)24(27)28/h4-9,14H,10H2,1-3H3,(H2,21,22,23,25,26)/t14-/m0/s1. The van der Waals surface area contributed by atoms with E-state index in [-0.39, 0.29) is 41.0 Å². The molecular formula is C20H20N4O7. The smallest absolute Gasteiger partial charge is 0.269 e. The van der Waals surface area contributed by atoms with Crippen LogP contribution in [0.15, 0.2) is 41.4 Å². The zero-order valence-electron chi connectivity index (χ0n) is 17.0. The van der Waals surface area contributed by atoms with Crippen LogP contribution < -0.4 is 24.8 Å². The largest absolute Gasteiger partial charge is 0.493 e. The molecule has 0 spiro atoms. The number of benzene rings is 2. The van der Waals surface area contributed by atoms with E-state index in [1.807, 2.05) is 0 Å². The first-order chi connectivity index (χ1) is 14.9. The van der Waals surface area contributed by atoms with Gasteiger partial charge in [-0.1, -0.05) is 12.1 Å². The lowest BCUT2D eigenvalue weighted by Gasteiger charge is -2.21. The van der Waals surface area contributed by atoms with Crippen molar-refractivity contribution in [3.8, 4) is 17.2 Å². The highest BCUT2D eigenvalue weighted by Crippen LogP contribution is 2.38. The van der Waals surface area contributed by atoms with Crippen LogP contribution >= 0.6 is 0 Å².